The summed E-state index contributed by atoms with van der Waals surface area (Å²) in [5.74, 6) is 1.51. The molecule has 2 aromatic rings. The number of methoxy groups -OCH3 is 1. The second-order valence-corrected chi connectivity index (χ2v) is 4.85. The highest BCUT2D eigenvalue weighted by Gasteiger charge is 2.26. The van der Waals surface area contributed by atoms with E-state index in [4.69, 9.17) is 9.15 Å². The molecule has 4 heteroatoms. The fraction of sp³-hybridized carbons (Fsp3) is 0.400. The first kappa shape index (κ1) is 13.8. The molecule has 1 aromatic heterocycles. The van der Waals surface area contributed by atoms with Crippen molar-refractivity contribution in [1.29, 1.82) is 0 Å². The Morgan fingerprint density at radius 3 is 2.63 bits per heavy atom. The van der Waals surface area contributed by atoms with Crippen molar-refractivity contribution in [2.24, 2.45) is 0 Å². The third-order valence-electron chi connectivity index (χ3n) is 3.14. The Balaban J connectivity index is 2.11. The molecule has 0 saturated heterocycles. The van der Waals surface area contributed by atoms with Gasteiger partial charge < -0.3 is 9.15 Å². The molecule has 0 unspecified atom stereocenters. The van der Waals surface area contributed by atoms with Gasteiger partial charge in [0, 0.05) is 7.11 Å². The lowest BCUT2D eigenvalue weighted by Crippen LogP contribution is -2.43. The molecule has 0 spiro atoms. The summed E-state index contributed by atoms with van der Waals surface area (Å²) in [7, 11) is 1.71. The van der Waals surface area contributed by atoms with E-state index in [-0.39, 0.29) is 5.54 Å². The van der Waals surface area contributed by atoms with Crippen LogP contribution in [0, 0.1) is 6.92 Å². The van der Waals surface area contributed by atoms with Crippen LogP contribution in [-0.2, 0) is 16.8 Å². The Hall–Kier alpha value is -1.65. The van der Waals surface area contributed by atoms with Crippen LogP contribution in [0.2, 0.25) is 0 Å². The van der Waals surface area contributed by atoms with Crippen LogP contribution < -0.4 is 5.32 Å². The molecule has 1 atom stereocenters. The fourth-order valence-electron chi connectivity index (χ4n) is 2.08. The van der Waals surface area contributed by atoms with Gasteiger partial charge in [0.2, 0.25) is 5.89 Å². The highest BCUT2D eigenvalue weighted by atomic mass is 16.5. The van der Waals surface area contributed by atoms with Crippen molar-refractivity contribution in [3.63, 3.8) is 0 Å². The van der Waals surface area contributed by atoms with E-state index >= 15 is 0 Å². The molecule has 0 aliphatic carbocycles. The molecule has 0 radical (unpaired) electrons. The number of nitrogens with one attached hydrogen (secondary N) is 1. The Bertz CT molecular complexity index is 510. The first-order valence-electron chi connectivity index (χ1n) is 6.35. The summed E-state index contributed by atoms with van der Waals surface area (Å²) in [4.78, 5) is 4.20. The second kappa shape index (κ2) is 5.99. The predicted molar refractivity (Wildman–Crippen MR) is 73.7 cm³/mol. The number of hydrogen-bond acceptors (Lipinski definition) is 4. The zero-order chi connectivity index (χ0) is 13.7. The molecule has 0 amide bonds. The van der Waals surface area contributed by atoms with E-state index in [9.17, 15) is 0 Å². The van der Waals surface area contributed by atoms with Gasteiger partial charge in [-0.15, -0.1) is 0 Å². The average Bonchev–Trinajstić information content (AvgIpc) is 2.84. The van der Waals surface area contributed by atoms with Crippen molar-refractivity contribution >= 4 is 0 Å². The van der Waals surface area contributed by atoms with Gasteiger partial charge in [-0.2, -0.15) is 0 Å². The van der Waals surface area contributed by atoms with Crippen LogP contribution in [0.4, 0.5) is 0 Å². The monoisotopic (exact) mass is 260 g/mol. The van der Waals surface area contributed by atoms with E-state index in [1.807, 2.05) is 25.1 Å². The standard InChI is InChI=1S/C15H20N2O2/c1-12-9-16-14(19-12)10-17-15(2,11-18-3)13-7-5-4-6-8-13/h4-9,17H,10-11H2,1-3H3/t15-/m0/s1. The average molecular weight is 260 g/mol. The van der Waals surface area contributed by atoms with Crippen LogP contribution in [0.3, 0.4) is 0 Å². The van der Waals surface area contributed by atoms with Gasteiger partial charge in [0.25, 0.3) is 0 Å². The first-order chi connectivity index (χ1) is 9.14. The Morgan fingerprint density at radius 2 is 2.05 bits per heavy atom. The van der Waals surface area contributed by atoms with Gasteiger partial charge in [0.1, 0.15) is 5.76 Å². The maximum absolute atomic E-state index is 5.48. The number of nitrogens with zero attached hydrogens (tertiary/aromatic N) is 1. The smallest absolute Gasteiger partial charge is 0.208 e. The van der Waals surface area contributed by atoms with Crippen molar-refractivity contribution in [1.82, 2.24) is 10.3 Å². The minimum atomic E-state index is -0.265. The number of rotatable bonds is 6. The number of aryl methyl sites for hydroxylation is 1. The molecule has 1 heterocycles. The van der Waals surface area contributed by atoms with Crippen LogP contribution in [0.25, 0.3) is 0 Å². The molecule has 1 N–H and O–H groups in total. The second-order valence-electron chi connectivity index (χ2n) is 4.85. The molecule has 0 aliphatic heterocycles. The van der Waals surface area contributed by atoms with Gasteiger partial charge in [-0.25, -0.2) is 4.98 Å². The van der Waals surface area contributed by atoms with Gasteiger partial charge in [-0.1, -0.05) is 30.3 Å². The molecular weight excluding hydrogens is 240 g/mol. The largest absolute Gasteiger partial charge is 0.445 e. The lowest BCUT2D eigenvalue weighted by Gasteiger charge is -2.30. The van der Waals surface area contributed by atoms with E-state index < -0.39 is 0 Å². The Morgan fingerprint density at radius 1 is 1.32 bits per heavy atom. The maximum Gasteiger partial charge on any atom is 0.208 e. The summed E-state index contributed by atoms with van der Waals surface area (Å²) >= 11 is 0. The van der Waals surface area contributed by atoms with Crippen molar-refractivity contribution in [3.8, 4) is 0 Å². The van der Waals surface area contributed by atoms with E-state index in [0.717, 1.165) is 5.76 Å². The van der Waals surface area contributed by atoms with Gasteiger partial charge >= 0.3 is 0 Å². The molecule has 0 fully saturated rings. The summed E-state index contributed by atoms with van der Waals surface area (Å²) in [5, 5.41) is 3.46. The lowest BCUT2D eigenvalue weighted by molar-refractivity contribution is 0.115. The normalized spacial score (nSPS) is 14.3. The van der Waals surface area contributed by atoms with Crippen LogP contribution >= 0.6 is 0 Å². The topological polar surface area (TPSA) is 47.3 Å². The van der Waals surface area contributed by atoms with Crippen molar-refractivity contribution in [3.05, 3.63) is 53.7 Å². The fourth-order valence-corrected chi connectivity index (χ4v) is 2.08. The van der Waals surface area contributed by atoms with Crippen LogP contribution in [-0.4, -0.2) is 18.7 Å². The van der Waals surface area contributed by atoms with Gasteiger partial charge in [0.05, 0.1) is 24.9 Å². The third kappa shape index (κ3) is 3.43. The van der Waals surface area contributed by atoms with Crippen molar-refractivity contribution in [2.75, 3.05) is 13.7 Å². The molecule has 102 valence electrons. The zero-order valence-electron chi connectivity index (χ0n) is 11.6. The summed E-state index contributed by atoms with van der Waals surface area (Å²) in [6.07, 6.45) is 1.73. The quantitative estimate of drug-likeness (QED) is 0.867. The molecular formula is C15H20N2O2. The van der Waals surface area contributed by atoms with Gasteiger partial charge in [-0.3, -0.25) is 5.32 Å². The molecule has 0 bridgehead atoms. The lowest BCUT2D eigenvalue weighted by atomic mass is 9.93. The Kier molecular flexibility index (Phi) is 4.35. The zero-order valence-corrected chi connectivity index (χ0v) is 11.6. The van der Waals surface area contributed by atoms with E-state index in [1.165, 1.54) is 5.56 Å². The predicted octanol–water partition coefficient (Wildman–Crippen LogP) is 2.63. The minimum absolute atomic E-state index is 0.265. The first-order valence-corrected chi connectivity index (χ1v) is 6.35. The van der Waals surface area contributed by atoms with Crippen LogP contribution in [0.1, 0.15) is 24.1 Å². The van der Waals surface area contributed by atoms with Crippen LogP contribution in [0.15, 0.2) is 40.9 Å². The SMILES string of the molecule is COC[C@](C)(NCc1ncc(C)o1)c1ccccc1. The summed E-state index contributed by atoms with van der Waals surface area (Å²) in [6, 6.07) is 10.2. The van der Waals surface area contributed by atoms with E-state index in [0.29, 0.717) is 19.0 Å². The molecule has 0 saturated carbocycles. The number of hydrogen-bond donors (Lipinski definition) is 1. The van der Waals surface area contributed by atoms with E-state index in [1.54, 1.807) is 13.3 Å². The molecule has 1 aromatic carbocycles. The van der Waals surface area contributed by atoms with Crippen LogP contribution in [0.5, 0.6) is 0 Å². The summed E-state index contributed by atoms with van der Waals surface area (Å²) < 4.78 is 10.8. The summed E-state index contributed by atoms with van der Waals surface area (Å²) in [5.41, 5.74) is 0.915. The molecule has 2 rings (SSSR count). The summed E-state index contributed by atoms with van der Waals surface area (Å²) in [6.45, 7) is 5.16. The number of benzene rings is 1. The van der Waals surface area contributed by atoms with Crippen molar-refractivity contribution < 1.29 is 9.15 Å². The number of aromatic nitrogens is 1. The number of ether oxygens (including phenoxy) is 1. The highest BCUT2D eigenvalue weighted by molar-refractivity contribution is 5.23. The minimum Gasteiger partial charge on any atom is -0.445 e. The maximum atomic E-state index is 5.48. The Labute approximate surface area is 113 Å². The third-order valence-corrected chi connectivity index (χ3v) is 3.14. The molecule has 4 nitrogen and oxygen atoms in total. The van der Waals surface area contributed by atoms with E-state index in [2.05, 4.69) is 29.4 Å². The van der Waals surface area contributed by atoms with Gasteiger partial charge in [-0.05, 0) is 19.4 Å². The van der Waals surface area contributed by atoms with Crippen molar-refractivity contribution in [2.45, 2.75) is 25.9 Å². The molecule has 19 heavy (non-hydrogen) atoms. The highest BCUT2D eigenvalue weighted by Crippen LogP contribution is 2.21. The van der Waals surface area contributed by atoms with Gasteiger partial charge in [0.15, 0.2) is 0 Å². The number of oxazole rings is 1. The molecule has 0 aliphatic rings.